The molecule has 0 amide bonds. The molecule has 0 aliphatic rings. The lowest BCUT2D eigenvalue weighted by Gasteiger charge is -2.10. The summed E-state index contributed by atoms with van der Waals surface area (Å²) in [5.41, 5.74) is 2.04. The molecule has 7 heteroatoms. The predicted molar refractivity (Wildman–Crippen MR) is 97.0 cm³/mol. The smallest absolute Gasteiger partial charge is 0.191 e. The highest BCUT2D eigenvalue weighted by molar-refractivity contribution is 7.11. The summed E-state index contributed by atoms with van der Waals surface area (Å²) in [5.74, 6) is 0.515. The first-order chi connectivity index (χ1) is 11.7. The number of hydrogen-bond donors (Lipinski definition) is 3. The maximum Gasteiger partial charge on any atom is 0.191 e. The number of nitrogens with zero attached hydrogens (tertiary/aromatic N) is 2. The second kappa shape index (κ2) is 7.44. The van der Waals surface area contributed by atoms with Gasteiger partial charge in [-0.25, -0.2) is 9.37 Å². The van der Waals surface area contributed by atoms with E-state index in [-0.39, 0.29) is 5.82 Å². The molecular weight excluding hydrogens is 325 g/mol. The molecule has 0 unspecified atom stereocenters. The van der Waals surface area contributed by atoms with E-state index < -0.39 is 0 Å². The van der Waals surface area contributed by atoms with Crippen LogP contribution >= 0.6 is 11.3 Å². The fourth-order valence-corrected chi connectivity index (χ4v) is 3.26. The lowest BCUT2D eigenvalue weighted by Crippen LogP contribution is -2.37. The third kappa shape index (κ3) is 3.91. The van der Waals surface area contributed by atoms with Crippen molar-refractivity contribution in [3.63, 3.8) is 0 Å². The average molecular weight is 345 g/mol. The van der Waals surface area contributed by atoms with Crippen LogP contribution in [-0.4, -0.2) is 29.5 Å². The Kier molecular flexibility index (Phi) is 5.10. The molecule has 0 atom stereocenters. The second-order valence-corrected chi connectivity index (χ2v) is 6.79. The van der Waals surface area contributed by atoms with E-state index in [2.05, 4.69) is 25.6 Å². The van der Waals surface area contributed by atoms with Crippen molar-refractivity contribution in [3.05, 3.63) is 51.9 Å². The van der Waals surface area contributed by atoms with Crippen LogP contribution in [0.25, 0.3) is 10.9 Å². The normalized spacial score (nSPS) is 11.9. The minimum atomic E-state index is -0.215. The first-order valence-corrected chi connectivity index (χ1v) is 8.58. The van der Waals surface area contributed by atoms with Gasteiger partial charge in [0.2, 0.25) is 0 Å². The topological polar surface area (TPSA) is 65.1 Å². The number of aliphatic imine (C=N–C) groups is 1. The lowest BCUT2D eigenvalue weighted by atomic mass is 10.1. The number of benzene rings is 1. The number of aromatic nitrogens is 2. The number of aromatic amines is 1. The lowest BCUT2D eigenvalue weighted by molar-refractivity contribution is 0.629. The highest BCUT2D eigenvalue weighted by atomic mass is 32.1. The molecule has 0 fully saturated rings. The van der Waals surface area contributed by atoms with E-state index in [4.69, 9.17) is 0 Å². The largest absolute Gasteiger partial charge is 0.361 e. The van der Waals surface area contributed by atoms with Gasteiger partial charge in [0, 0.05) is 41.8 Å². The molecule has 2 aromatic heterocycles. The average Bonchev–Trinajstić information content (AvgIpc) is 3.17. The Labute approximate surface area is 144 Å². The van der Waals surface area contributed by atoms with Gasteiger partial charge < -0.3 is 15.6 Å². The molecule has 24 heavy (non-hydrogen) atoms. The predicted octanol–water partition coefficient (Wildman–Crippen LogP) is 2.98. The summed E-state index contributed by atoms with van der Waals surface area (Å²) in [5, 5.41) is 8.48. The maximum atomic E-state index is 13.4. The van der Waals surface area contributed by atoms with E-state index >= 15 is 0 Å². The summed E-state index contributed by atoms with van der Waals surface area (Å²) in [4.78, 5) is 12.9. The molecule has 1 aromatic carbocycles. The highest BCUT2D eigenvalue weighted by Gasteiger charge is 2.06. The molecule has 5 nitrogen and oxygen atoms in total. The minimum absolute atomic E-state index is 0.215. The molecule has 0 radical (unpaired) electrons. The maximum absolute atomic E-state index is 13.4. The van der Waals surface area contributed by atoms with Crippen molar-refractivity contribution in [2.75, 3.05) is 13.6 Å². The molecule has 0 spiro atoms. The van der Waals surface area contributed by atoms with Gasteiger partial charge in [0.05, 0.1) is 6.54 Å². The van der Waals surface area contributed by atoms with Crippen LogP contribution in [0.1, 0.15) is 15.4 Å². The third-order valence-electron chi connectivity index (χ3n) is 3.72. The minimum Gasteiger partial charge on any atom is -0.361 e. The molecule has 3 aromatic rings. The van der Waals surface area contributed by atoms with Gasteiger partial charge in [0.25, 0.3) is 0 Å². The van der Waals surface area contributed by atoms with E-state index in [1.807, 2.05) is 19.3 Å². The zero-order valence-corrected chi connectivity index (χ0v) is 14.5. The number of fused-ring (bicyclic) bond motifs is 1. The van der Waals surface area contributed by atoms with Crippen LogP contribution in [0.3, 0.4) is 0 Å². The van der Waals surface area contributed by atoms with Gasteiger partial charge in [-0.1, -0.05) is 0 Å². The van der Waals surface area contributed by atoms with Crippen molar-refractivity contribution in [1.29, 1.82) is 0 Å². The fourth-order valence-electron chi connectivity index (χ4n) is 2.54. The third-order valence-corrected chi connectivity index (χ3v) is 4.63. The molecule has 2 heterocycles. The Morgan fingerprint density at radius 3 is 3.00 bits per heavy atom. The van der Waals surface area contributed by atoms with Crippen LogP contribution in [-0.2, 0) is 13.0 Å². The Bertz CT molecular complexity index is 852. The fraction of sp³-hybridized carbons (Fsp3) is 0.294. The molecule has 126 valence electrons. The van der Waals surface area contributed by atoms with Gasteiger partial charge in [-0.2, -0.15) is 0 Å². The quantitative estimate of drug-likeness (QED) is 0.492. The Balaban J connectivity index is 1.53. The Hall–Kier alpha value is -2.41. The standard InChI is InChI=1S/C17H20FN5S/c1-11-8-22-16(24-11)10-23-17(19-2)20-6-5-12-9-21-15-4-3-13(18)7-14(12)15/h3-4,7-9,21H,5-6,10H2,1-2H3,(H2,19,20,23). The van der Waals surface area contributed by atoms with Crippen molar-refractivity contribution >= 4 is 28.2 Å². The van der Waals surface area contributed by atoms with Crippen molar-refractivity contribution in [3.8, 4) is 0 Å². The van der Waals surface area contributed by atoms with Gasteiger partial charge in [0.1, 0.15) is 10.8 Å². The number of hydrogen-bond acceptors (Lipinski definition) is 3. The monoisotopic (exact) mass is 345 g/mol. The van der Waals surface area contributed by atoms with Crippen molar-refractivity contribution in [2.45, 2.75) is 19.9 Å². The zero-order chi connectivity index (χ0) is 16.9. The van der Waals surface area contributed by atoms with Crippen LogP contribution in [0.15, 0.2) is 35.6 Å². The van der Waals surface area contributed by atoms with Crippen LogP contribution in [0, 0.1) is 12.7 Å². The number of aryl methyl sites for hydroxylation is 1. The van der Waals surface area contributed by atoms with E-state index in [9.17, 15) is 4.39 Å². The molecular formula is C17H20FN5S. The van der Waals surface area contributed by atoms with Crippen LogP contribution in [0.5, 0.6) is 0 Å². The summed E-state index contributed by atoms with van der Waals surface area (Å²) in [6.45, 7) is 3.40. The molecule has 3 rings (SSSR count). The number of guanidine groups is 1. The van der Waals surface area contributed by atoms with Crippen LogP contribution in [0.2, 0.25) is 0 Å². The molecule has 0 aliphatic carbocycles. The van der Waals surface area contributed by atoms with E-state index in [0.717, 1.165) is 33.9 Å². The molecule has 3 N–H and O–H groups in total. The van der Waals surface area contributed by atoms with E-state index in [0.29, 0.717) is 13.1 Å². The van der Waals surface area contributed by atoms with Gasteiger partial charge in [-0.15, -0.1) is 11.3 Å². The number of halogens is 1. The van der Waals surface area contributed by atoms with Gasteiger partial charge in [-0.05, 0) is 37.1 Å². The SMILES string of the molecule is CN=C(NCCc1c[nH]c2ccc(F)cc12)NCc1ncc(C)s1. The van der Waals surface area contributed by atoms with Crippen LogP contribution in [0.4, 0.5) is 4.39 Å². The first kappa shape index (κ1) is 16.4. The van der Waals surface area contributed by atoms with E-state index in [1.165, 1.54) is 10.9 Å². The summed E-state index contributed by atoms with van der Waals surface area (Å²) in [7, 11) is 1.74. The number of rotatable bonds is 5. The number of nitrogens with one attached hydrogen (secondary N) is 3. The molecule has 0 aliphatic heterocycles. The molecule has 0 saturated carbocycles. The first-order valence-electron chi connectivity index (χ1n) is 7.77. The zero-order valence-electron chi connectivity index (χ0n) is 13.7. The summed E-state index contributed by atoms with van der Waals surface area (Å²) in [6.07, 6.45) is 4.58. The Morgan fingerprint density at radius 1 is 1.38 bits per heavy atom. The number of H-pyrrole nitrogens is 1. The molecule has 0 bridgehead atoms. The Morgan fingerprint density at radius 2 is 2.25 bits per heavy atom. The van der Waals surface area contributed by atoms with Crippen molar-refractivity contribution in [2.24, 2.45) is 4.99 Å². The van der Waals surface area contributed by atoms with Gasteiger partial charge in [0.15, 0.2) is 5.96 Å². The number of thiazole rings is 1. The summed E-state index contributed by atoms with van der Waals surface area (Å²) in [6, 6.07) is 4.80. The second-order valence-electron chi connectivity index (χ2n) is 5.47. The van der Waals surface area contributed by atoms with Crippen molar-refractivity contribution in [1.82, 2.24) is 20.6 Å². The van der Waals surface area contributed by atoms with Gasteiger partial charge >= 0.3 is 0 Å². The molecule has 0 saturated heterocycles. The summed E-state index contributed by atoms with van der Waals surface area (Å²) < 4.78 is 13.4. The highest BCUT2D eigenvalue weighted by Crippen LogP contribution is 2.19. The van der Waals surface area contributed by atoms with Crippen molar-refractivity contribution < 1.29 is 4.39 Å². The van der Waals surface area contributed by atoms with Crippen LogP contribution < -0.4 is 10.6 Å². The van der Waals surface area contributed by atoms with E-state index in [1.54, 1.807) is 30.5 Å². The summed E-state index contributed by atoms with van der Waals surface area (Å²) >= 11 is 1.67. The van der Waals surface area contributed by atoms with Gasteiger partial charge in [-0.3, -0.25) is 4.99 Å².